The topological polar surface area (TPSA) is 76.1 Å². The van der Waals surface area contributed by atoms with Crippen molar-refractivity contribution in [3.8, 4) is 5.75 Å². The Labute approximate surface area is 136 Å². The van der Waals surface area contributed by atoms with Crippen LogP contribution < -0.4 is 15.4 Å². The van der Waals surface area contributed by atoms with E-state index in [2.05, 4.69) is 20.6 Å². The van der Waals surface area contributed by atoms with E-state index in [0.29, 0.717) is 24.6 Å². The van der Waals surface area contributed by atoms with Gasteiger partial charge in [0.1, 0.15) is 23.6 Å². The van der Waals surface area contributed by atoms with E-state index < -0.39 is 0 Å². The molecule has 0 atom stereocenters. The van der Waals surface area contributed by atoms with Crippen LogP contribution in [0.1, 0.15) is 29.4 Å². The monoisotopic (exact) mass is 314 g/mol. The van der Waals surface area contributed by atoms with E-state index in [1.54, 1.807) is 13.2 Å². The van der Waals surface area contributed by atoms with Crippen LogP contribution in [0.25, 0.3) is 0 Å². The van der Waals surface area contributed by atoms with E-state index in [1.165, 1.54) is 11.9 Å². The zero-order valence-electron chi connectivity index (χ0n) is 13.5. The van der Waals surface area contributed by atoms with Gasteiger partial charge in [0.15, 0.2) is 0 Å². The molecule has 1 heterocycles. The summed E-state index contributed by atoms with van der Waals surface area (Å²) in [7, 11) is 1.66. The van der Waals surface area contributed by atoms with Crippen LogP contribution in [0.3, 0.4) is 0 Å². The summed E-state index contributed by atoms with van der Waals surface area (Å²) in [4.78, 5) is 20.0. The van der Waals surface area contributed by atoms with E-state index in [0.717, 1.165) is 18.6 Å². The molecule has 0 saturated heterocycles. The number of nitrogens with zero attached hydrogens (tertiary/aromatic N) is 2. The van der Waals surface area contributed by atoms with Crippen LogP contribution in [-0.4, -0.2) is 36.1 Å². The van der Waals surface area contributed by atoms with Gasteiger partial charge in [-0.1, -0.05) is 19.1 Å². The molecular weight excluding hydrogens is 292 g/mol. The number of benzene rings is 1. The van der Waals surface area contributed by atoms with Crippen molar-refractivity contribution in [3.05, 3.63) is 47.9 Å². The lowest BCUT2D eigenvalue weighted by molar-refractivity contribution is 0.0948. The number of methoxy groups -OCH3 is 1. The molecule has 0 saturated carbocycles. The predicted octanol–water partition coefficient (Wildman–Crippen LogP) is 2.28. The molecule has 0 spiro atoms. The van der Waals surface area contributed by atoms with Gasteiger partial charge in [-0.3, -0.25) is 4.79 Å². The molecule has 1 aromatic heterocycles. The second kappa shape index (κ2) is 8.73. The lowest BCUT2D eigenvalue weighted by Crippen LogP contribution is -2.25. The Balaban J connectivity index is 1.89. The number of ether oxygens (including phenoxy) is 1. The van der Waals surface area contributed by atoms with Crippen molar-refractivity contribution in [2.24, 2.45) is 0 Å². The summed E-state index contributed by atoms with van der Waals surface area (Å²) in [6.45, 7) is 3.35. The average molecular weight is 314 g/mol. The molecular formula is C17H22N4O2. The van der Waals surface area contributed by atoms with Crippen LogP contribution in [0.4, 0.5) is 5.82 Å². The maximum atomic E-state index is 11.9. The first kappa shape index (κ1) is 16.7. The highest BCUT2D eigenvalue weighted by atomic mass is 16.5. The fraction of sp³-hybridized carbons (Fsp3) is 0.353. The van der Waals surface area contributed by atoms with E-state index in [9.17, 15) is 4.79 Å². The van der Waals surface area contributed by atoms with Gasteiger partial charge in [-0.05, 0) is 30.5 Å². The van der Waals surface area contributed by atoms with Crippen molar-refractivity contribution in [1.82, 2.24) is 15.3 Å². The van der Waals surface area contributed by atoms with Crippen LogP contribution in [-0.2, 0) is 6.42 Å². The highest BCUT2D eigenvalue weighted by Gasteiger charge is 2.07. The van der Waals surface area contributed by atoms with Crippen molar-refractivity contribution in [2.45, 2.75) is 19.8 Å². The van der Waals surface area contributed by atoms with Crippen LogP contribution >= 0.6 is 0 Å². The van der Waals surface area contributed by atoms with Crippen LogP contribution in [0.2, 0.25) is 0 Å². The third-order valence-electron chi connectivity index (χ3n) is 3.29. The summed E-state index contributed by atoms with van der Waals surface area (Å²) < 4.78 is 5.21. The van der Waals surface area contributed by atoms with Crippen LogP contribution in [0, 0.1) is 0 Å². The van der Waals surface area contributed by atoms with Crippen molar-refractivity contribution in [3.63, 3.8) is 0 Å². The molecule has 1 aromatic carbocycles. The standard InChI is InChI=1S/C17H22N4O2/c1-3-8-19-17(22)15-11-16(21-12-20-15)18-9-7-13-5-4-6-14(10-13)23-2/h4-6,10-12H,3,7-9H2,1-2H3,(H,19,22)(H,18,20,21). The third kappa shape index (κ3) is 5.25. The smallest absolute Gasteiger partial charge is 0.270 e. The van der Waals surface area contributed by atoms with Gasteiger partial charge in [0, 0.05) is 19.2 Å². The molecule has 6 nitrogen and oxygen atoms in total. The third-order valence-corrected chi connectivity index (χ3v) is 3.29. The van der Waals surface area contributed by atoms with Gasteiger partial charge >= 0.3 is 0 Å². The Morgan fingerprint density at radius 1 is 1.22 bits per heavy atom. The van der Waals surface area contributed by atoms with Gasteiger partial charge in [0.25, 0.3) is 5.91 Å². The minimum Gasteiger partial charge on any atom is -0.497 e. The number of hydrogen-bond acceptors (Lipinski definition) is 5. The first-order valence-electron chi connectivity index (χ1n) is 7.70. The van der Waals surface area contributed by atoms with E-state index in [1.807, 2.05) is 31.2 Å². The normalized spacial score (nSPS) is 10.2. The van der Waals surface area contributed by atoms with E-state index in [4.69, 9.17) is 4.74 Å². The molecule has 0 unspecified atom stereocenters. The first-order chi connectivity index (χ1) is 11.2. The van der Waals surface area contributed by atoms with Crippen LogP contribution in [0.15, 0.2) is 36.7 Å². The molecule has 2 rings (SSSR count). The molecule has 0 fully saturated rings. The number of hydrogen-bond donors (Lipinski definition) is 2. The van der Waals surface area contributed by atoms with Gasteiger partial charge in [-0.25, -0.2) is 9.97 Å². The van der Waals surface area contributed by atoms with Crippen LogP contribution in [0.5, 0.6) is 5.75 Å². The molecule has 6 heteroatoms. The second-order valence-corrected chi connectivity index (χ2v) is 5.07. The fourth-order valence-corrected chi connectivity index (χ4v) is 2.07. The lowest BCUT2D eigenvalue weighted by Gasteiger charge is -2.08. The lowest BCUT2D eigenvalue weighted by atomic mass is 10.1. The minimum absolute atomic E-state index is 0.176. The van der Waals surface area contributed by atoms with Gasteiger partial charge in [-0.15, -0.1) is 0 Å². The van der Waals surface area contributed by atoms with Crippen molar-refractivity contribution in [1.29, 1.82) is 0 Å². The fourth-order valence-electron chi connectivity index (χ4n) is 2.07. The highest BCUT2D eigenvalue weighted by molar-refractivity contribution is 5.92. The van der Waals surface area contributed by atoms with Crippen molar-refractivity contribution < 1.29 is 9.53 Å². The quantitative estimate of drug-likeness (QED) is 0.782. The number of rotatable bonds is 8. The predicted molar refractivity (Wildman–Crippen MR) is 89.8 cm³/mol. The molecule has 0 aliphatic rings. The number of aromatic nitrogens is 2. The maximum absolute atomic E-state index is 11.9. The molecule has 0 radical (unpaired) electrons. The highest BCUT2D eigenvalue weighted by Crippen LogP contribution is 2.13. The zero-order chi connectivity index (χ0) is 16.5. The average Bonchev–Trinajstić information content (AvgIpc) is 2.60. The van der Waals surface area contributed by atoms with Gasteiger partial charge in [-0.2, -0.15) is 0 Å². The van der Waals surface area contributed by atoms with Gasteiger partial charge in [0.2, 0.25) is 0 Å². The summed E-state index contributed by atoms with van der Waals surface area (Å²) in [5, 5.41) is 6.01. The Bertz CT molecular complexity index is 646. The summed E-state index contributed by atoms with van der Waals surface area (Å²) in [5.74, 6) is 1.31. The SMILES string of the molecule is CCCNC(=O)c1cc(NCCc2cccc(OC)c2)ncn1. The summed E-state index contributed by atoms with van der Waals surface area (Å²) in [5.41, 5.74) is 1.55. The number of anilines is 1. The van der Waals surface area contributed by atoms with Gasteiger partial charge in [0.05, 0.1) is 7.11 Å². The number of carbonyl (C=O) groups is 1. The molecule has 0 bridgehead atoms. The number of nitrogens with one attached hydrogen (secondary N) is 2. The van der Waals surface area contributed by atoms with Gasteiger partial charge < -0.3 is 15.4 Å². The second-order valence-electron chi connectivity index (χ2n) is 5.07. The summed E-state index contributed by atoms with van der Waals surface area (Å²) >= 11 is 0. The Morgan fingerprint density at radius 2 is 2.09 bits per heavy atom. The van der Waals surface area contributed by atoms with E-state index in [-0.39, 0.29) is 5.91 Å². The maximum Gasteiger partial charge on any atom is 0.270 e. The molecule has 23 heavy (non-hydrogen) atoms. The summed E-state index contributed by atoms with van der Waals surface area (Å²) in [6, 6.07) is 9.60. The zero-order valence-corrected chi connectivity index (χ0v) is 13.5. The molecule has 2 aromatic rings. The molecule has 2 N–H and O–H groups in total. The molecule has 0 aliphatic carbocycles. The largest absolute Gasteiger partial charge is 0.497 e. The van der Waals surface area contributed by atoms with Crippen molar-refractivity contribution in [2.75, 3.05) is 25.5 Å². The molecule has 1 amide bonds. The Kier molecular flexibility index (Phi) is 6.35. The summed E-state index contributed by atoms with van der Waals surface area (Å²) in [6.07, 6.45) is 3.12. The first-order valence-corrected chi connectivity index (χ1v) is 7.70. The Morgan fingerprint density at radius 3 is 2.87 bits per heavy atom. The molecule has 0 aliphatic heterocycles. The molecule has 122 valence electrons. The number of amides is 1. The minimum atomic E-state index is -0.176. The van der Waals surface area contributed by atoms with E-state index >= 15 is 0 Å². The number of carbonyl (C=O) groups excluding carboxylic acids is 1. The Hall–Kier alpha value is -2.63. The van der Waals surface area contributed by atoms with Crippen molar-refractivity contribution >= 4 is 11.7 Å².